The van der Waals surface area contributed by atoms with Crippen LogP contribution in [-0.2, 0) is 6.54 Å². The minimum atomic E-state index is -0.173. The second-order valence-electron chi connectivity index (χ2n) is 7.77. The largest absolute Gasteiger partial charge is 0.361 e. The number of rotatable bonds is 5. The maximum absolute atomic E-state index is 13.0. The van der Waals surface area contributed by atoms with Gasteiger partial charge in [-0.2, -0.15) is 0 Å². The Morgan fingerprint density at radius 2 is 2.00 bits per heavy atom. The third-order valence-electron chi connectivity index (χ3n) is 5.74. The van der Waals surface area contributed by atoms with E-state index in [4.69, 9.17) is 4.52 Å². The van der Waals surface area contributed by atoms with E-state index in [0.717, 1.165) is 38.5 Å². The van der Waals surface area contributed by atoms with E-state index in [1.165, 1.54) is 0 Å². The fourth-order valence-electron chi connectivity index (χ4n) is 4.26. The van der Waals surface area contributed by atoms with Crippen LogP contribution < -0.4 is 5.32 Å². The minimum Gasteiger partial charge on any atom is -0.361 e. The van der Waals surface area contributed by atoms with Crippen LogP contribution in [0.15, 0.2) is 10.7 Å². The second-order valence-corrected chi connectivity index (χ2v) is 7.77. The summed E-state index contributed by atoms with van der Waals surface area (Å²) in [7, 11) is 0. The van der Waals surface area contributed by atoms with Crippen molar-refractivity contribution in [2.24, 2.45) is 0 Å². The van der Waals surface area contributed by atoms with E-state index in [2.05, 4.69) is 20.8 Å². The summed E-state index contributed by atoms with van der Waals surface area (Å²) >= 11 is 0. The maximum Gasteiger partial charge on any atom is 0.273 e. The molecule has 0 radical (unpaired) electrons. The van der Waals surface area contributed by atoms with Gasteiger partial charge in [-0.05, 0) is 39.5 Å². The average Bonchev–Trinajstić information content (AvgIpc) is 3.44. The molecule has 1 saturated heterocycles. The Morgan fingerprint density at radius 3 is 2.71 bits per heavy atom. The highest BCUT2D eigenvalue weighted by molar-refractivity contribution is 5.96. The maximum atomic E-state index is 13.0. The van der Waals surface area contributed by atoms with Gasteiger partial charge in [0.2, 0.25) is 0 Å². The van der Waals surface area contributed by atoms with Crippen LogP contribution >= 0.6 is 0 Å². The third kappa shape index (κ3) is 3.65. The molecule has 28 heavy (non-hydrogen) atoms. The van der Waals surface area contributed by atoms with Crippen molar-refractivity contribution < 1.29 is 14.1 Å². The molecular weight excluding hydrogens is 360 g/mol. The Kier molecular flexibility index (Phi) is 5.15. The lowest BCUT2D eigenvalue weighted by Gasteiger charge is -2.24. The van der Waals surface area contributed by atoms with Crippen LogP contribution in [0.3, 0.4) is 0 Å². The Morgan fingerprint density at radius 1 is 1.21 bits per heavy atom. The zero-order valence-electron chi connectivity index (χ0n) is 16.3. The van der Waals surface area contributed by atoms with Crippen molar-refractivity contribution in [3.63, 3.8) is 0 Å². The lowest BCUT2D eigenvalue weighted by molar-refractivity contribution is 0.0718. The van der Waals surface area contributed by atoms with Gasteiger partial charge >= 0.3 is 0 Å². The van der Waals surface area contributed by atoms with Crippen molar-refractivity contribution in [2.75, 3.05) is 6.54 Å². The number of aromatic nitrogens is 4. The summed E-state index contributed by atoms with van der Waals surface area (Å²) in [6.45, 7) is 4.74. The van der Waals surface area contributed by atoms with E-state index in [-0.39, 0.29) is 23.9 Å². The van der Waals surface area contributed by atoms with Crippen LogP contribution in [-0.4, -0.2) is 55.5 Å². The quantitative estimate of drug-likeness (QED) is 0.841. The zero-order valence-corrected chi connectivity index (χ0v) is 16.3. The Labute approximate surface area is 163 Å². The van der Waals surface area contributed by atoms with Gasteiger partial charge in [-0.25, -0.2) is 4.68 Å². The van der Waals surface area contributed by atoms with Crippen LogP contribution in [0.4, 0.5) is 0 Å². The summed E-state index contributed by atoms with van der Waals surface area (Å²) in [4.78, 5) is 27.2. The average molecular weight is 386 g/mol. The number of hydrogen-bond donors (Lipinski definition) is 1. The SMILES string of the molecule is Cc1noc(C)c1C(=O)N1CCC[C@H]1Cn1cc(C(=O)NC2CCCC2)nn1. The summed E-state index contributed by atoms with van der Waals surface area (Å²) in [6.07, 6.45) is 7.87. The molecule has 150 valence electrons. The summed E-state index contributed by atoms with van der Waals surface area (Å²) in [6, 6.07) is 0.254. The molecule has 1 aliphatic carbocycles. The van der Waals surface area contributed by atoms with Gasteiger partial charge in [-0.1, -0.05) is 23.2 Å². The monoisotopic (exact) mass is 386 g/mol. The molecular formula is C19H26N6O3. The zero-order chi connectivity index (χ0) is 19.7. The first-order valence-corrected chi connectivity index (χ1v) is 9.97. The lowest BCUT2D eigenvalue weighted by Crippen LogP contribution is -2.38. The lowest BCUT2D eigenvalue weighted by atomic mass is 10.1. The number of nitrogens with one attached hydrogen (secondary N) is 1. The van der Waals surface area contributed by atoms with Gasteiger partial charge in [0, 0.05) is 12.6 Å². The van der Waals surface area contributed by atoms with Gasteiger partial charge in [0.15, 0.2) is 5.69 Å². The van der Waals surface area contributed by atoms with Gasteiger partial charge in [0.1, 0.15) is 11.3 Å². The van der Waals surface area contributed by atoms with Gasteiger partial charge in [0.05, 0.1) is 24.5 Å². The second kappa shape index (κ2) is 7.73. The smallest absolute Gasteiger partial charge is 0.273 e. The fourth-order valence-corrected chi connectivity index (χ4v) is 4.26. The standard InChI is InChI=1S/C19H26N6O3/c1-12-17(13(2)28-22-12)19(27)25-9-5-8-15(25)10-24-11-16(21-23-24)18(26)20-14-6-3-4-7-14/h11,14-15H,3-10H2,1-2H3,(H,20,26)/t15-/m0/s1. The van der Waals surface area contributed by atoms with Gasteiger partial charge in [0.25, 0.3) is 11.8 Å². The molecule has 1 N–H and O–H groups in total. The van der Waals surface area contributed by atoms with E-state index < -0.39 is 0 Å². The number of aryl methyl sites for hydroxylation is 2. The van der Waals surface area contributed by atoms with Crippen molar-refractivity contribution in [3.05, 3.63) is 28.9 Å². The van der Waals surface area contributed by atoms with Crippen molar-refractivity contribution in [3.8, 4) is 0 Å². The molecule has 0 unspecified atom stereocenters. The molecule has 1 saturated carbocycles. The molecule has 2 fully saturated rings. The Bertz CT molecular complexity index is 847. The van der Waals surface area contributed by atoms with Crippen LogP contribution in [0.25, 0.3) is 0 Å². The molecule has 2 aromatic heterocycles. The molecule has 4 rings (SSSR count). The molecule has 2 amide bonds. The molecule has 0 spiro atoms. The molecule has 2 aliphatic rings. The number of hydrogen-bond acceptors (Lipinski definition) is 6. The van der Waals surface area contributed by atoms with Crippen molar-refractivity contribution in [1.29, 1.82) is 0 Å². The van der Waals surface area contributed by atoms with E-state index in [1.54, 1.807) is 24.7 Å². The summed E-state index contributed by atoms with van der Waals surface area (Å²) in [5.74, 6) is 0.311. The third-order valence-corrected chi connectivity index (χ3v) is 5.74. The Hall–Kier alpha value is -2.71. The highest BCUT2D eigenvalue weighted by Crippen LogP contribution is 2.24. The number of carbonyl (C=O) groups is 2. The minimum absolute atomic E-state index is 0.00800. The number of likely N-dealkylation sites (tertiary alicyclic amines) is 1. The van der Waals surface area contributed by atoms with Crippen LogP contribution in [0.5, 0.6) is 0 Å². The van der Waals surface area contributed by atoms with Gasteiger partial charge in [-0.15, -0.1) is 5.10 Å². The highest BCUT2D eigenvalue weighted by Gasteiger charge is 2.33. The first kappa shape index (κ1) is 18.6. The highest BCUT2D eigenvalue weighted by atomic mass is 16.5. The number of amides is 2. The molecule has 1 aliphatic heterocycles. The molecule has 3 heterocycles. The first-order valence-electron chi connectivity index (χ1n) is 9.97. The van der Waals surface area contributed by atoms with E-state index in [9.17, 15) is 9.59 Å². The van der Waals surface area contributed by atoms with Crippen molar-refractivity contribution in [2.45, 2.75) is 71.0 Å². The molecule has 9 nitrogen and oxygen atoms in total. The van der Waals surface area contributed by atoms with Crippen molar-refractivity contribution in [1.82, 2.24) is 30.4 Å². The summed E-state index contributed by atoms with van der Waals surface area (Å²) in [5, 5.41) is 15.0. The summed E-state index contributed by atoms with van der Waals surface area (Å²) < 4.78 is 6.80. The number of carbonyl (C=O) groups excluding carboxylic acids is 2. The summed E-state index contributed by atoms with van der Waals surface area (Å²) in [5.41, 5.74) is 1.48. The topological polar surface area (TPSA) is 106 Å². The molecule has 0 bridgehead atoms. The van der Waals surface area contributed by atoms with Gasteiger partial charge < -0.3 is 14.7 Å². The van der Waals surface area contributed by atoms with Gasteiger partial charge in [-0.3, -0.25) is 9.59 Å². The molecule has 1 atom stereocenters. The van der Waals surface area contributed by atoms with E-state index >= 15 is 0 Å². The fraction of sp³-hybridized carbons (Fsp3) is 0.632. The predicted octanol–water partition coefficient (Wildman–Crippen LogP) is 1.86. The molecule has 0 aromatic carbocycles. The Balaban J connectivity index is 1.41. The first-order chi connectivity index (χ1) is 13.5. The van der Waals surface area contributed by atoms with Crippen LogP contribution in [0, 0.1) is 13.8 Å². The van der Waals surface area contributed by atoms with Crippen LogP contribution in [0.1, 0.15) is 70.8 Å². The van der Waals surface area contributed by atoms with E-state index in [1.807, 2.05) is 4.90 Å². The predicted molar refractivity (Wildman–Crippen MR) is 99.8 cm³/mol. The molecule has 2 aromatic rings. The number of nitrogens with zero attached hydrogens (tertiary/aromatic N) is 5. The normalized spacial score (nSPS) is 20.1. The van der Waals surface area contributed by atoms with Crippen LogP contribution in [0.2, 0.25) is 0 Å². The van der Waals surface area contributed by atoms with E-state index in [0.29, 0.717) is 35.8 Å². The molecule has 9 heteroatoms. The van der Waals surface area contributed by atoms with Crippen molar-refractivity contribution >= 4 is 11.8 Å².